The average Bonchev–Trinajstić information content (AvgIpc) is 2.78. The van der Waals surface area contributed by atoms with Crippen LogP contribution < -0.4 is 14.4 Å². The van der Waals surface area contributed by atoms with Gasteiger partial charge in [0.05, 0.1) is 19.1 Å². The number of likely N-dealkylation sites (tertiary alicyclic amines) is 1. The Labute approximate surface area is 201 Å². The molecule has 0 aromatic heterocycles. The number of ether oxygens (including phenoxy) is 1. The van der Waals surface area contributed by atoms with Gasteiger partial charge in [-0.2, -0.15) is 0 Å². The minimum Gasteiger partial charge on any atom is -0.495 e. The van der Waals surface area contributed by atoms with E-state index in [2.05, 4.69) is 22.3 Å². The fourth-order valence-electron chi connectivity index (χ4n) is 4.09. The summed E-state index contributed by atoms with van der Waals surface area (Å²) in [6, 6.07) is 11.8. The number of anilines is 1. The van der Waals surface area contributed by atoms with Crippen molar-refractivity contribution >= 4 is 33.2 Å². The Hall–Kier alpha value is -2.29. The molecule has 0 unspecified atom stereocenters. The topological polar surface area (TPSA) is 79.0 Å². The second-order valence-corrected chi connectivity index (χ2v) is 10.7. The van der Waals surface area contributed by atoms with Crippen molar-refractivity contribution in [2.75, 3.05) is 30.8 Å². The van der Waals surface area contributed by atoms with Gasteiger partial charge in [0.1, 0.15) is 11.8 Å². The smallest absolute Gasteiger partial charge is 0.243 e. The number of carbonyl (C=O) groups excluding carboxylic acids is 1. The Morgan fingerprint density at radius 3 is 2.36 bits per heavy atom. The molecule has 1 fully saturated rings. The number of rotatable bonds is 9. The molecular weight excluding hydrogens is 462 g/mol. The fourth-order valence-corrected chi connectivity index (χ4v) is 5.43. The van der Waals surface area contributed by atoms with E-state index in [9.17, 15) is 13.2 Å². The highest BCUT2D eigenvalue weighted by atomic mass is 35.5. The van der Waals surface area contributed by atoms with E-state index in [-0.39, 0.29) is 5.69 Å². The summed E-state index contributed by atoms with van der Waals surface area (Å²) >= 11 is 6.09. The monoisotopic (exact) mass is 493 g/mol. The van der Waals surface area contributed by atoms with Crippen molar-refractivity contribution in [2.45, 2.75) is 45.3 Å². The zero-order chi connectivity index (χ0) is 24.0. The van der Waals surface area contributed by atoms with Gasteiger partial charge in [-0.1, -0.05) is 42.3 Å². The summed E-state index contributed by atoms with van der Waals surface area (Å²) < 4.78 is 31.5. The van der Waals surface area contributed by atoms with Crippen LogP contribution in [0.25, 0.3) is 0 Å². The predicted molar refractivity (Wildman–Crippen MR) is 132 cm³/mol. The molecule has 0 aliphatic carbocycles. The first kappa shape index (κ1) is 25.3. The van der Waals surface area contributed by atoms with Crippen molar-refractivity contribution in [3.8, 4) is 5.75 Å². The summed E-state index contributed by atoms with van der Waals surface area (Å²) in [7, 11) is -2.35. The van der Waals surface area contributed by atoms with E-state index in [4.69, 9.17) is 16.3 Å². The number of methoxy groups -OCH3 is 1. The van der Waals surface area contributed by atoms with Gasteiger partial charge >= 0.3 is 0 Å². The number of sulfonamides is 1. The van der Waals surface area contributed by atoms with E-state index in [0.29, 0.717) is 17.3 Å². The lowest BCUT2D eigenvalue weighted by molar-refractivity contribution is -0.122. The number of halogens is 1. The van der Waals surface area contributed by atoms with E-state index in [1.54, 1.807) is 19.1 Å². The van der Waals surface area contributed by atoms with Crippen LogP contribution in [-0.4, -0.2) is 51.7 Å². The maximum Gasteiger partial charge on any atom is 0.243 e. The van der Waals surface area contributed by atoms with Gasteiger partial charge in [0.2, 0.25) is 15.9 Å². The summed E-state index contributed by atoms with van der Waals surface area (Å²) in [5.74, 6) is -0.103. The molecule has 1 aliphatic rings. The van der Waals surface area contributed by atoms with Crippen LogP contribution >= 0.6 is 11.6 Å². The van der Waals surface area contributed by atoms with Crippen LogP contribution in [0, 0.1) is 0 Å². The van der Waals surface area contributed by atoms with Crippen LogP contribution in [0.1, 0.15) is 37.3 Å². The van der Waals surface area contributed by atoms with Crippen LogP contribution in [0.2, 0.25) is 5.02 Å². The van der Waals surface area contributed by atoms with Gasteiger partial charge in [0.15, 0.2) is 0 Å². The van der Waals surface area contributed by atoms with Crippen molar-refractivity contribution in [3.63, 3.8) is 0 Å². The van der Waals surface area contributed by atoms with Gasteiger partial charge in [-0.25, -0.2) is 8.42 Å². The minimum absolute atomic E-state index is 0.220. The number of amides is 1. The van der Waals surface area contributed by atoms with Crippen LogP contribution in [-0.2, 0) is 27.9 Å². The SMILES string of the molecule is COc1ccc(Cl)cc1N([C@@H](C)C(=O)NCc1ccc(CN2CCCCC2)cc1)S(C)(=O)=O. The minimum atomic E-state index is -3.79. The molecule has 1 N–H and O–H groups in total. The maximum absolute atomic E-state index is 12.9. The first-order valence-corrected chi connectivity index (χ1v) is 13.3. The third-order valence-corrected chi connectivity index (χ3v) is 7.27. The summed E-state index contributed by atoms with van der Waals surface area (Å²) in [6.07, 6.45) is 4.88. The molecule has 2 aromatic carbocycles. The second kappa shape index (κ2) is 11.2. The second-order valence-electron chi connectivity index (χ2n) is 8.42. The quantitative estimate of drug-likeness (QED) is 0.574. The number of benzene rings is 2. The Balaban J connectivity index is 1.66. The Morgan fingerprint density at radius 1 is 1.12 bits per heavy atom. The first-order valence-electron chi connectivity index (χ1n) is 11.1. The molecule has 9 heteroatoms. The van der Waals surface area contributed by atoms with E-state index < -0.39 is 22.0 Å². The highest BCUT2D eigenvalue weighted by Crippen LogP contribution is 2.34. The molecule has 1 saturated heterocycles. The van der Waals surface area contributed by atoms with E-state index in [1.807, 2.05) is 12.1 Å². The highest BCUT2D eigenvalue weighted by molar-refractivity contribution is 7.92. The van der Waals surface area contributed by atoms with Gasteiger partial charge in [-0.3, -0.25) is 14.0 Å². The number of nitrogens with one attached hydrogen (secondary N) is 1. The molecule has 0 spiro atoms. The lowest BCUT2D eigenvalue weighted by Crippen LogP contribution is -2.47. The van der Waals surface area contributed by atoms with Crippen LogP contribution in [0.15, 0.2) is 42.5 Å². The van der Waals surface area contributed by atoms with Crippen LogP contribution in [0.4, 0.5) is 5.69 Å². The summed E-state index contributed by atoms with van der Waals surface area (Å²) in [5, 5.41) is 3.19. The Kier molecular flexibility index (Phi) is 8.62. The van der Waals surface area contributed by atoms with Crippen molar-refractivity contribution in [1.29, 1.82) is 0 Å². The van der Waals surface area contributed by atoms with Gasteiger partial charge in [0, 0.05) is 18.1 Å². The molecule has 0 bridgehead atoms. The number of carbonyl (C=O) groups is 1. The molecule has 7 nitrogen and oxygen atoms in total. The summed E-state index contributed by atoms with van der Waals surface area (Å²) in [4.78, 5) is 15.4. The largest absolute Gasteiger partial charge is 0.495 e. The van der Waals surface area contributed by atoms with Crippen molar-refractivity contribution in [2.24, 2.45) is 0 Å². The standard InChI is InChI=1S/C24H32ClN3O4S/c1-18(28(33(3,30)31)22-15-21(25)11-12-23(22)32-2)24(29)26-16-19-7-9-20(10-8-19)17-27-13-5-4-6-14-27/h7-12,15,18H,4-6,13-14,16-17H2,1-3H3,(H,26,29)/t18-/m0/s1. The third-order valence-electron chi connectivity index (χ3n) is 5.81. The average molecular weight is 494 g/mol. The van der Waals surface area contributed by atoms with Gasteiger partial charge in [0.25, 0.3) is 0 Å². The van der Waals surface area contributed by atoms with E-state index >= 15 is 0 Å². The molecule has 0 saturated carbocycles. The van der Waals surface area contributed by atoms with Crippen molar-refractivity contribution < 1.29 is 17.9 Å². The third kappa shape index (κ3) is 6.85. The highest BCUT2D eigenvalue weighted by Gasteiger charge is 2.31. The zero-order valence-corrected chi connectivity index (χ0v) is 21.0. The van der Waals surface area contributed by atoms with E-state index in [0.717, 1.165) is 35.8 Å². The molecule has 2 aromatic rings. The van der Waals surface area contributed by atoms with Gasteiger partial charge < -0.3 is 10.1 Å². The maximum atomic E-state index is 12.9. The fraction of sp³-hybridized carbons (Fsp3) is 0.458. The van der Waals surface area contributed by atoms with Gasteiger partial charge in [-0.05, 0) is 62.2 Å². The van der Waals surface area contributed by atoms with Crippen molar-refractivity contribution in [3.05, 3.63) is 58.6 Å². The van der Waals surface area contributed by atoms with Gasteiger partial charge in [-0.15, -0.1) is 0 Å². The molecule has 1 amide bonds. The van der Waals surface area contributed by atoms with Crippen LogP contribution in [0.3, 0.4) is 0 Å². The van der Waals surface area contributed by atoms with E-state index in [1.165, 1.54) is 38.0 Å². The summed E-state index contributed by atoms with van der Waals surface area (Å²) in [5.41, 5.74) is 2.41. The molecule has 1 atom stereocenters. The lowest BCUT2D eigenvalue weighted by atomic mass is 10.1. The molecular formula is C24H32ClN3O4S. The van der Waals surface area contributed by atoms with Crippen LogP contribution in [0.5, 0.6) is 5.75 Å². The Morgan fingerprint density at radius 2 is 1.76 bits per heavy atom. The molecule has 0 radical (unpaired) electrons. The molecule has 1 aliphatic heterocycles. The number of nitrogens with zero attached hydrogens (tertiary/aromatic N) is 2. The summed E-state index contributed by atoms with van der Waals surface area (Å²) in [6.45, 7) is 5.07. The molecule has 1 heterocycles. The normalized spacial score (nSPS) is 15.6. The molecule has 3 rings (SSSR count). The number of hydrogen-bond acceptors (Lipinski definition) is 5. The van der Waals surface area contributed by atoms with Crippen molar-refractivity contribution in [1.82, 2.24) is 10.2 Å². The number of piperidine rings is 1. The lowest BCUT2D eigenvalue weighted by Gasteiger charge is -2.29. The predicted octanol–water partition coefficient (Wildman–Crippen LogP) is 3.81. The zero-order valence-electron chi connectivity index (χ0n) is 19.4. The first-order chi connectivity index (χ1) is 15.7. The molecule has 180 valence electrons. The number of hydrogen-bond donors (Lipinski definition) is 1. The Bertz CT molecular complexity index is 1050. The molecule has 33 heavy (non-hydrogen) atoms.